The third-order valence-electron chi connectivity index (χ3n) is 4.06. The average molecular weight is 431 g/mol. The van der Waals surface area contributed by atoms with Gasteiger partial charge >= 0.3 is 5.97 Å². The van der Waals surface area contributed by atoms with E-state index in [-0.39, 0.29) is 10.6 Å². The monoisotopic (exact) mass is 430 g/mol. The quantitative estimate of drug-likeness (QED) is 0.590. The van der Waals surface area contributed by atoms with Gasteiger partial charge in [0, 0.05) is 5.69 Å². The number of methoxy groups -OCH3 is 1. The van der Waals surface area contributed by atoms with Gasteiger partial charge in [-0.25, -0.2) is 4.79 Å². The van der Waals surface area contributed by atoms with Crippen molar-refractivity contribution in [3.8, 4) is 17.6 Å². The average Bonchev–Trinajstić information content (AvgIpc) is 2.72. The molecule has 2 aromatic rings. The fraction of sp³-hybridized carbons (Fsp3) is 0.318. The first-order chi connectivity index (χ1) is 14.3. The van der Waals surface area contributed by atoms with E-state index in [0.29, 0.717) is 35.3 Å². The zero-order valence-corrected chi connectivity index (χ0v) is 17.8. The highest BCUT2D eigenvalue weighted by Crippen LogP contribution is 2.28. The van der Waals surface area contributed by atoms with Crippen LogP contribution in [0.15, 0.2) is 36.4 Å². The molecule has 158 valence electrons. The van der Waals surface area contributed by atoms with Crippen molar-refractivity contribution >= 4 is 29.2 Å². The maximum atomic E-state index is 12.3. The number of nitrogens with zero attached hydrogens (tertiary/aromatic N) is 1. The molecule has 0 spiro atoms. The second-order valence-corrected chi connectivity index (χ2v) is 7.23. The number of hydrogen-bond acceptors (Lipinski definition) is 6. The summed E-state index contributed by atoms with van der Waals surface area (Å²) in [5, 5.41) is 11.6. The normalized spacial score (nSPS) is 10.3. The second kappa shape index (κ2) is 11.1. The SMILES string of the molecule is COc1cc(C(=O)OCC(=O)Nc2ccc(C#N)c(Cl)c2)ccc1OCCC(C)C. The molecule has 0 heterocycles. The minimum absolute atomic E-state index is 0.218. The Kier molecular flexibility index (Phi) is 8.51. The summed E-state index contributed by atoms with van der Waals surface area (Å²) < 4.78 is 16.0. The van der Waals surface area contributed by atoms with E-state index in [1.165, 1.54) is 31.4 Å². The molecule has 1 amide bonds. The Hall–Kier alpha value is -3.24. The molecule has 0 atom stereocenters. The summed E-state index contributed by atoms with van der Waals surface area (Å²) in [6, 6.07) is 11.1. The lowest BCUT2D eigenvalue weighted by Gasteiger charge is -2.13. The molecule has 7 nitrogen and oxygen atoms in total. The summed E-state index contributed by atoms with van der Waals surface area (Å²) in [6.07, 6.45) is 0.895. The molecular formula is C22H23ClN2O5. The Bertz CT molecular complexity index is 953. The van der Waals surface area contributed by atoms with Gasteiger partial charge in [-0.3, -0.25) is 4.79 Å². The van der Waals surface area contributed by atoms with Crippen LogP contribution in [-0.4, -0.2) is 32.2 Å². The van der Waals surface area contributed by atoms with Gasteiger partial charge in [0.25, 0.3) is 5.91 Å². The highest BCUT2D eigenvalue weighted by molar-refractivity contribution is 6.32. The van der Waals surface area contributed by atoms with Crippen LogP contribution in [0.2, 0.25) is 5.02 Å². The molecule has 0 radical (unpaired) electrons. The van der Waals surface area contributed by atoms with Crippen molar-refractivity contribution in [2.24, 2.45) is 5.92 Å². The van der Waals surface area contributed by atoms with Gasteiger partial charge in [0.05, 0.1) is 29.9 Å². The minimum atomic E-state index is -0.671. The fourth-order valence-electron chi connectivity index (χ4n) is 2.41. The van der Waals surface area contributed by atoms with Crippen molar-refractivity contribution in [2.45, 2.75) is 20.3 Å². The van der Waals surface area contributed by atoms with Crippen molar-refractivity contribution in [3.63, 3.8) is 0 Å². The molecule has 8 heteroatoms. The number of nitriles is 1. The summed E-state index contributed by atoms with van der Waals surface area (Å²) in [5.41, 5.74) is 0.925. The molecule has 0 unspecified atom stereocenters. The van der Waals surface area contributed by atoms with Crippen LogP contribution in [0.1, 0.15) is 36.2 Å². The Morgan fingerprint density at radius 3 is 2.57 bits per heavy atom. The maximum Gasteiger partial charge on any atom is 0.338 e. The topological polar surface area (TPSA) is 97.6 Å². The molecule has 2 rings (SSSR count). The van der Waals surface area contributed by atoms with Crippen LogP contribution in [-0.2, 0) is 9.53 Å². The van der Waals surface area contributed by atoms with E-state index in [9.17, 15) is 9.59 Å². The number of hydrogen-bond donors (Lipinski definition) is 1. The summed E-state index contributed by atoms with van der Waals surface area (Å²) in [6.45, 7) is 4.26. The first-order valence-electron chi connectivity index (χ1n) is 9.31. The van der Waals surface area contributed by atoms with Gasteiger partial charge in [0.1, 0.15) is 6.07 Å². The number of anilines is 1. The van der Waals surface area contributed by atoms with E-state index >= 15 is 0 Å². The molecule has 1 N–H and O–H groups in total. The third-order valence-corrected chi connectivity index (χ3v) is 4.37. The molecule has 0 aliphatic rings. The minimum Gasteiger partial charge on any atom is -0.493 e. The van der Waals surface area contributed by atoms with E-state index in [1.54, 1.807) is 12.1 Å². The molecule has 0 bridgehead atoms. The van der Waals surface area contributed by atoms with Crippen molar-refractivity contribution < 1.29 is 23.8 Å². The van der Waals surface area contributed by atoms with Gasteiger partial charge in [-0.05, 0) is 48.7 Å². The smallest absolute Gasteiger partial charge is 0.338 e. The van der Waals surface area contributed by atoms with E-state index in [0.717, 1.165) is 6.42 Å². The number of benzene rings is 2. The summed E-state index contributed by atoms with van der Waals surface area (Å²) in [7, 11) is 1.48. The third kappa shape index (κ3) is 6.68. The molecule has 0 saturated carbocycles. The molecule has 0 aliphatic heterocycles. The van der Waals surface area contributed by atoms with Gasteiger partial charge < -0.3 is 19.5 Å². The number of rotatable bonds is 9. The predicted octanol–water partition coefficient (Wildman–Crippen LogP) is 4.44. The summed E-state index contributed by atoms with van der Waals surface area (Å²) in [4.78, 5) is 24.3. The van der Waals surface area contributed by atoms with Crippen molar-refractivity contribution in [3.05, 3.63) is 52.5 Å². The van der Waals surface area contributed by atoms with Crippen LogP contribution >= 0.6 is 11.6 Å². The van der Waals surface area contributed by atoms with Crippen molar-refractivity contribution in [1.29, 1.82) is 5.26 Å². The van der Waals surface area contributed by atoms with Gasteiger partial charge in [-0.2, -0.15) is 5.26 Å². The number of ether oxygens (including phenoxy) is 3. The molecule has 30 heavy (non-hydrogen) atoms. The highest BCUT2D eigenvalue weighted by atomic mass is 35.5. The van der Waals surface area contributed by atoms with Gasteiger partial charge in [0.2, 0.25) is 0 Å². The van der Waals surface area contributed by atoms with Gasteiger partial charge in [-0.1, -0.05) is 25.4 Å². The molecule has 0 fully saturated rings. The largest absolute Gasteiger partial charge is 0.493 e. The van der Waals surface area contributed by atoms with Crippen molar-refractivity contribution in [1.82, 2.24) is 0 Å². The van der Waals surface area contributed by atoms with Gasteiger partial charge in [0.15, 0.2) is 18.1 Å². The number of esters is 1. The number of halogens is 1. The van der Waals surface area contributed by atoms with Crippen LogP contribution in [0.3, 0.4) is 0 Å². The van der Waals surface area contributed by atoms with E-state index < -0.39 is 18.5 Å². The first-order valence-corrected chi connectivity index (χ1v) is 9.69. The Labute approximate surface area is 180 Å². The fourth-order valence-corrected chi connectivity index (χ4v) is 2.64. The van der Waals surface area contributed by atoms with E-state index in [2.05, 4.69) is 19.2 Å². The van der Waals surface area contributed by atoms with Crippen LogP contribution in [0.5, 0.6) is 11.5 Å². The Morgan fingerprint density at radius 2 is 1.93 bits per heavy atom. The number of amides is 1. The molecule has 0 saturated heterocycles. The Balaban J connectivity index is 1.93. The van der Waals surface area contributed by atoms with Crippen LogP contribution in [0, 0.1) is 17.2 Å². The van der Waals surface area contributed by atoms with Crippen LogP contribution in [0.4, 0.5) is 5.69 Å². The van der Waals surface area contributed by atoms with E-state index in [1.807, 2.05) is 6.07 Å². The zero-order chi connectivity index (χ0) is 22.1. The van der Waals surface area contributed by atoms with Gasteiger partial charge in [-0.15, -0.1) is 0 Å². The molecule has 2 aromatic carbocycles. The first kappa shape index (κ1) is 23.0. The van der Waals surface area contributed by atoms with Crippen molar-refractivity contribution in [2.75, 3.05) is 25.6 Å². The van der Waals surface area contributed by atoms with Crippen LogP contribution in [0.25, 0.3) is 0 Å². The molecular weight excluding hydrogens is 408 g/mol. The van der Waals surface area contributed by atoms with Crippen LogP contribution < -0.4 is 14.8 Å². The number of carbonyl (C=O) groups excluding carboxylic acids is 2. The highest BCUT2D eigenvalue weighted by Gasteiger charge is 2.14. The van der Waals surface area contributed by atoms with E-state index in [4.69, 9.17) is 31.1 Å². The predicted molar refractivity (Wildman–Crippen MR) is 113 cm³/mol. The Morgan fingerprint density at radius 1 is 1.17 bits per heavy atom. The lowest BCUT2D eigenvalue weighted by atomic mass is 10.1. The second-order valence-electron chi connectivity index (χ2n) is 6.83. The molecule has 0 aromatic heterocycles. The number of nitrogens with one attached hydrogen (secondary N) is 1. The lowest BCUT2D eigenvalue weighted by Crippen LogP contribution is -2.21. The number of carbonyl (C=O) groups is 2. The zero-order valence-electron chi connectivity index (χ0n) is 17.0. The molecule has 0 aliphatic carbocycles. The standard InChI is InChI=1S/C22H23ClN2O5/c1-14(2)8-9-29-19-7-5-15(10-20(19)28-3)22(27)30-13-21(26)25-17-6-4-16(12-24)18(23)11-17/h4-7,10-11,14H,8-9,13H2,1-3H3,(H,25,26). The lowest BCUT2D eigenvalue weighted by molar-refractivity contribution is -0.119. The summed E-state index contributed by atoms with van der Waals surface area (Å²) >= 11 is 5.93. The maximum absolute atomic E-state index is 12.3. The summed E-state index contributed by atoms with van der Waals surface area (Å²) in [5.74, 6) is 0.242.